The first kappa shape index (κ1) is 13.7. The fourth-order valence-electron chi connectivity index (χ4n) is 1.80. The van der Waals surface area contributed by atoms with Crippen molar-refractivity contribution in [1.82, 2.24) is 5.32 Å². The van der Waals surface area contributed by atoms with Crippen LogP contribution in [0.25, 0.3) is 0 Å². The summed E-state index contributed by atoms with van der Waals surface area (Å²) in [4.78, 5) is 2.98. The van der Waals surface area contributed by atoms with Crippen LogP contribution in [0.3, 0.4) is 0 Å². The molecule has 1 heterocycles. The van der Waals surface area contributed by atoms with Crippen molar-refractivity contribution in [3.8, 4) is 0 Å². The predicted octanol–water partition coefficient (Wildman–Crippen LogP) is 2.87. The highest BCUT2D eigenvalue weighted by atomic mass is 32.1. The van der Waals surface area contributed by atoms with Crippen LogP contribution >= 0.6 is 11.3 Å². The molecule has 0 aliphatic heterocycles. The van der Waals surface area contributed by atoms with Gasteiger partial charge in [0.25, 0.3) is 0 Å². The summed E-state index contributed by atoms with van der Waals surface area (Å²) in [5, 5.41) is 3.45. The van der Waals surface area contributed by atoms with Gasteiger partial charge in [-0.1, -0.05) is 13.8 Å². The lowest BCUT2D eigenvalue weighted by molar-refractivity contribution is 0.163. The second-order valence-electron chi connectivity index (χ2n) is 3.97. The minimum absolute atomic E-state index is 0.488. The Hall–Kier alpha value is -0.380. The van der Waals surface area contributed by atoms with Crippen molar-refractivity contribution in [3.63, 3.8) is 0 Å². The Morgan fingerprint density at radius 1 is 1.31 bits per heavy atom. The fraction of sp³-hybridized carbons (Fsp3) is 0.692. The molecule has 92 valence electrons. The van der Waals surface area contributed by atoms with Crippen molar-refractivity contribution < 1.29 is 4.74 Å². The van der Waals surface area contributed by atoms with Gasteiger partial charge in [-0.25, -0.2) is 0 Å². The van der Waals surface area contributed by atoms with Crippen LogP contribution in [0, 0.1) is 0 Å². The average molecular weight is 241 g/mol. The molecular formula is C13H23NOS. The summed E-state index contributed by atoms with van der Waals surface area (Å²) in [5.41, 5.74) is 0. The van der Waals surface area contributed by atoms with Gasteiger partial charge in [0.1, 0.15) is 0 Å². The highest BCUT2D eigenvalue weighted by molar-refractivity contribution is 7.11. The van der Waals surface area contributed by atoms with E-state index in [0.29, 0.717) is 6.04 Å². The Labute approximate surface area is 103 Å². The fourth-order valence-corrected chi connectivity index (χ4v) is 2.77. The highest BCUT2D eigenvalue weighted by Crippen LogP contribution is 2.18. The van der Waals surface area contributed by atoms with Crippen LogP contribution in [0.2, 0.25) is 0 Å². The molecular weight excluding hydrogens is 218 g/mol. The van der Waals surface area contributed by atoms with Crippen LogP contribution in [0.5, 0.6) is 0 Å². The van der Waals surface area contributed by atoms with Crippen molar-refractivity contribution in [2.45, 2.75) is 39.2 Å². The number of thiophene rings is 1. The second-order valence-corrected chi connectivity index (χ2v) is 5.22. The lowest BCUT2D eigenvalue weighted by Gasteiger charge is -2.16. The zero-order chi connectivity index (χ0) is 11.8. The van der Waals surface area contributed by atoms with Gasteiger partial charge < -0.3 is 10.1 Å². The van der Waals surface area contributed by atoms with Crippen LogP contribution in [-0.2, 0) is 17.6 Å². The Kier molecular flexibility index (Phi) is 6.69. The molecule has 0 aromatic carbocycles. The molecule has 1 aromatic heterocycles. The van der Waals surface area contributed by atoms with Crippen molar-refractivity contribution in [1.29, 1.82) is 0 Å². The summed E-state index contributed by atoms with van der Waals surface area (Å²) < 4.78 is 5.21. The van der Waals surface area contributed by atoms with Crippen molar-refractivity contribution >= 4 is 11.3 Å². The second kappa shape index (κ2) is 7.82. The quantitative estimate of drug-likeness (QED) is 0.755. The first-order valence-electron chi connectivity index (χ1n) is 6.10. The monoisotopic (exact) mass is 241 g/mol. The third kappa shape index (κ3) is 4.64. The van der Waals surface area contributed by atoms with Crippen LogP contribution in [-0.4, -0.2) is 26.3 Å². The summed E-state index contributed by atoms with van der Waals surface area (Å²) in [6.07, 6.45) is 3.47. The van der Waals surface area contributed by atoms with Crippen LogP contribution < -0.4 is 5.32 Å². The molecule has 0 bridgehead atoms. The molecule has 1 unspecified atom stereocenters. The van der Waals surface area contributed by atoms with Gasteiger partial charge in [0, 0.05) is 22.9 Å². The molecule has 0 spiro atoms. The first-order valence-corrected chi connectivity index (χ1v) is 6.91. The molecule has 0 aliphatic rings. The smallest absolute Gasteiger partial charge is 0.0615 e. The Morgan fingerprint density at radius 2 is 2.06 bits per heavy atom. The molecule has 1 N–H and O–H groups in total. The number of ether oxygens (including phenoxy) is 1. The number of methoxy groups -OCH3 is 1. The minimum Gasteiger partial charge on any atom is -0.383 e. The number of rotatable bonds is 8. The Bertz CT molecular complexity index is 279. The van der Waals surface area contributed by atoms with E-state index in [2.05, 4.69) is 31.3 Å². The van der Waals surface area contributed by atoms with E-state index in [1.165, 1.54) is 9.75 Å². The van der Waals surface area contributed by atoms with Gasteiger partial charge in [0.15, 0.2) is 0 Å². The van der Waals surface area contributed by atoms with Gasteiger partial charge in [-0.15, -0.1) is 11.3 Å². The molecule has 1 atom stereocenters. The molecule has 0 radical (unpaired) electrons. The normalized spacial score (nSPS) is 12.9. The van der Waals surface area contributed by atoms with Crippen LogP contribution in [0.1, 0.15) is 30.0 Å². The number of hydrogen-bond acceptors (Lipinski definition) is 3. The average Bonchev–Trinajstić information content (AvgIpc) is 2.74. The molecule has 0 saturated heterocycles. The summed E-state index contributed by atoms with van der Waals surface area (Å²) >= 11 is 1.94. The highest BCUT2D eigenvalue weighted by Gasteiger charge is 2.07. The van der Waals surface area contributed by atoms with Crippen LogP contribution in [0.15, 0.2) is 12.1 Å². The molecule has 16 heavy (non-hydrogen) atoms. The molecule has 0 aliphatic carbocycles. The Morgan fingerprint density at radius 3 is 2.62 bits per heavy atom. The molecule has 0 saturated carbocycles. The predicted molar refractivity (Wildman–Crippen MR) is 71.4 cm³/mol. The van der Waals surface area contributed by atoms with Gasteiger partial charge >= 0.3 is 0 Å². The molecule has 0 fully saturated rings. The number of hydrogen-bond donors (Lipinski definition) is 1. The molecule has 0 amide bonds. The summed E-state index contributed by atoms with van der Waals surface area (Å²) in [6, 6.07) is 5.00. The standard InChI is InChI=1S/C13H23NOS/c1-4-12-8-9-13(16-12)7-6-11(10-15-3)14-5-2/h8-9,11,14H,4-7,10H2,1-3H3. The van der Waals surface area contributed by atoms with Gasteiger partial charge in [0.2, 0.25) is 0 Å². The van der Waals surface area contributed by atoms with E-state index in [0.717, 1.165) is 32.4 Å². The van der Waals surface area contributed by atoms with Crippen molar-refractivity contribution in [3.05, 3.63) is 21.9 Å². The zero-order valence-electron chi connectivity index (χ0n) is 10.6. The molecule has 1 rings (SSSR count). The van der Waals surface area contributed by atoms with E-state index < -0.39 is 0 Å². The third-order valence-electron chi connectivity index (χ3n) is 2.67. The van der Waals surface area contributed by atoms with E-state index in [1.54, 1.807) is 7.11 Å². The van der Waals surface area contributed by atoms with Gasteiger partial charge in [-0.3, -0.25) is 0 Å². The summed E-state index contributed by atoms with van der Waals surface area (Å²) in [7, 11) is 1.77. The van der Waals surface area contributed by atoms with Crippen molar-refractivity contribution in [2.75, 3.05) is 20.3 Å². The molecule has 2 nitrogen and oxygen atoms in total. The lowest BCUT2D eigenvalue weighted by Crippen LogP contribution is -2.33. The minimum atomic E-state index is 0.488. The topological polar surface area (TPSA) is 21.3 Å². The van der Waals surface area contributed by atoms with E-state index in [1.807, 2.05) is 11.3 Å². The number of nitrogens with one attached hydrogen (secondary N) is 1. The third-order valence-corrected chi connectivity index (χ3v) is 3.95. The molecule has 1 aromatic rings. The maximum Gasteiger partial charge on any atom is 0.0615 e. The van der Waals surface area contributed by atoms with Gasteiger partial charge in [0.05, 0.1) is 6.61 Å². The largest absolute Gasteiger partial charge is 0.383 e. The van der Waals surface area contributed by atoms with Crippen molar-refractivity contribution in [2.24, 2.45) is 0 Å². The first-order chi connectivity index (χ1) is 7.80. The molecule has 3 heteroatoms. The zero-order valence-corrected chi connectivity index (χ0v) is 11.4. The number of likely N-dealkylation sites (N-methyl/N-ethyl adjacent to an activating group) is 1. The SMILES string of the molecule is CCNC(CCc1ccc(CC)s1)COC. The number of aryl methyl sites for hydroxylation is 2. The Balaban J connectivity index is 2.35. The lowest BCUT2D eigenvalue weighted by atomic mass is 10.1. The summed E-state index contributed by atoms with van der Waals surface area (Å²) in [5.74, 6) is 0. The van der Waals surface area contributed by atoms with E-state index in [4.69, 9.17) is 4.74 Å². The maximum absolute atomic E-state index is 5.21. The van der Waals surface area contributed by atoms with E-state index in [-0.39, 0.29) is 0 Å². The van der Waals surface area contributed by atoms with E-state index >= 15 is 0 Å². The van der Waals surface area contributed by atoms with Gasteiger partial charge in [-0.2, -0.15) is 0 Å². The summed E-state index contributed by atoms with van der Waals surface area (Å²) in [6.45, 7) is 6.17. The maximum atomic E-state index is 5.21. The van der Waals surface area contributed by atoms with E-state index in [9.17, 15) is 0 Å². The van der Waals surface area contributed by atoms with Gasteiger partial charge in [-0.05, 0) is 37.9 Å². The van der Waals surface area contributed by atoms with Crippen LogP contribution in [0.4, 0.5) is 0 Å².